The van der Waals surface area contributed by atoms with Crippen LogP contribution in [0.15, 0.2) is 0 Å². The van der Waals surface area contributed by atoms with Gasteiger partial charge >= 0.3 is 0 Å². The highest BCUT2D eigenvalue weighted by Gasteiger charge is 2.27. The minimum atomic E-state index is 0.612. The van der Waals surface area contributed by atoms with Crippen LogP contribution < -0.4 is 0 Å². The third kappa shape index (κ3) is 3.94. The molecule has 1 atom stereocenters. The monoisotopic (exact) mass is 240 g/mol. The minimum Gasteiger partial charge on any atom is -0.383 e. The van der Waals surface area contributed by atoms with Crippen LogP contribution in [0.3, 0.4) is 0 Å². The van der Waals surface area contributed by atoms with Gasteiger partial charge in [0.25, 0.3) is 0 Å². The lowest BCUT2D eigenvalue weighted by Crippen LogP contribution is -2.54. The Kier molecular flexibility index (Phi) is 5.26. The highest BCUT2D eigenvalue weighted by atomic mass is 16.5. The Morgan fingerprint density at radius 2 is 1.88 bits per heavy atom. The molecule has 3 nitrogen and oxygen atoms in total. The fourth-order valence-electron chi connectivity index (χ4n) is 3.34. The standard InChI is InChI=1S/C14H28N2O/c1-15-8-9-16(14(11-15)12-17-2)10-13-6-4-3-5-7-13/h13-14H,3-12H2,1-2H3. The van der Waals surface area contributed by atoms with Crippen molar-refractivity contribution in [3.05, 3.63) is 0 Å². The van der Waals surface area contributed by atoms with Gasteiger partial charge in [-0.05, 0) is 25.8 Å². The highest BCUT2D eigenvalue weighted by Crippen LogP contribution is 2.25. The zero-order valence-electron chi connectivity index (χ0n) is 11.5. The van der Waals surface area contributed by atoms with E-state index in [1.807, 2.05) is 7.11 Å². The van der Waals surface area contributed by atoms with Gasteiger partial charge in [-0.3, -0.25) is 4.90 Å². The molecule has 3 heteroatoms. The largest absolute Gasteiger partial charge is 0.383 e. The van der Waals surface area contributed by atoms with Crippen LogP contribution >= 0.6 is 0 Å². The van der Waals surface area contributed by atoms with Gasteiger partial charge in [0.15, 0.2) is 0 Å². The van der Waals surface area contributed by atoms with E-state index < -0.39 is 0 Å². The molecule has 2 aliphatic rings. The molecular formula is C14H28N2O. The smallest absolute Gasteiger partial charge is 0.0630 e. The summed E-state index contributed by atoms with van der Waals surface area (Å²) in [5.41, 5.74) is 0. The summed E-state index contributed by atoms with van der Waals surface area (Å²) in [6.45, 7) is 5.80. The topological polar surface area (TPSA) is 15.7 Å². The average Bonchev–Trinajstić information content (AvgIpc) is 2.34. The first-order valence-corrected chi connectivity index (χ1v) is 7.21. The van der Waals surface area contributed by atoms with Gasteiger partial charge in [0.2, 0.25) is 0 Å². The molecule has 0 bridgehead atoms. The Morgan fingerprint density at radius 3 is 2.59 bits per heavy atom. The van der Waals surface area contributed by atoms with Crippen LogP contribution in [-0.2, 0) is 4.74 Å². The van der Waals surface area contributed by atoms with Crippen LogP contribution in [0.2, 0.25) is 0 Å². The summed E-state index contributed by atoms with van der Waals surface area (Å²) in [4.78, 5) is 5.11. The first kappa shape index (κ1) is 13.3. The normalized spacial score (nSPS) is 29.6. The van der Waals surface area contributed by atoms with Gasteiger partial charge in [0.1, 0.15) is 0 Å². The van der Waals surface area contributed by atoms with E-state index in [1.165, 1.54) is 58.3 Å². The number of piperazine rings is 1. The van der Waals surface area contributed by atoms with E-state index in [0.717, 1.165) is 12.5 Å². The van der Waals surface area contributed by atoms with E-state index >= 15 is 0 Å². The third-order valence-corrected chi connectivity index (χ3v) is 4.38. The second-order valence-electron chi connectivity index (χ2n) is 5.87. The number of hydrogen-bond acceptors (Lipinski definition) is 3. The van der Waals surface area contributed by atoms with Crippen LogP contribution in [-0.4, -0.2) is 62.8 Å². The molecule has 1 heterocycles. The highest BCUT2D eigenvalue weighted by molar-refractivity contribution is 4.83. The number of methoxy groups -OCH3 is 1. The summed E-state index contributed by atoms with van der Waals surface area (Å²) < 4.78 is 5.38. The van der Waals surface area contributed by atoms with Gasteiger partial charge in [-0.1, -0.05) is 19.3 Å². The molecule has 17 heavy (non-hydrogen) atoms. The van der Waals surface area contributed by atoms with Gasteiger partial charge < -0.3 is 9.64 Å². The Hall–Kier alpha value is -0.120. The summed E-state index contributed by atoms with van der Waals surface area (Å²) >= 11 is 0. The lowest BCUT2D eigenvalue weighted by Gasteiger charge is -2.41. The molecule has 0 aromatic carbocycles. The molecule has 0 N–H and O–H groups in total. The SMILES string of the molecule is COCC1CN(C)CCN1CC1CCCCC1. The van der Waals surface area contributed by atoms with Crippen molar-refractivity contribution in [1.29, 1.82) is 0 Å². The van der Waals surface area contributed by atoms with E-state index in [1.54, 1.807) is 0 Å². The van der Waals surface area contributed by atoms with Gasteiger partial charge in [-0.2, -0.15) is 0 Å². The average molecular weight is 240 g/mol. The van der Waals surface area contributed by atoms with E-state index in [0.29, 0.717) is 6.04 Å². The summed E-state index contributed by atoms with van der Waals surface area (Å²) in [6.07, 6.45) is 7.26. The summed E-state index contributed by atoms with van der Waals surface area (Å²) in [5.74, 6) is 0.950. The van der Waals surface area contributed by atoms with Gasteiger partial charge in [-0.25, -0.2) is 0 Å². The molecule has 1 aliphatic carbocycles. The molecule has 100 valence electrons. The molecule has 0 radical (unpaired) electrons. The van der Waals surface area contributed by atoms with Crippen LogP contribution in [0.5, 0.6) is 0 Å². The molecule has 0 aromatic heterocycles. The summed E-state index contributed by atoms with van der Waals surface area (Å²) in [7, 11) is 4.05. The molecular weight excluding hydrogens is 212 g/mol. The Balaban J connectivity index is 1.83. The molecule has 2 fully saturated rings. The number of rotatable bonds is 4. The predicted octanol–water partition coefficient (Wildman–Crippen LogP) is 1.83. The molecule has 2 rings (SSSR count). The minimum absolute atomic E-state index is 0.612. The molecule has 1 saturated carbocycles. The van der Waals surface area contributed by atoms with Crippen LogP contribution in [0.4, 0.5) is 0 Å². The van der Waals surface area contributed by atoms with Gasteiger partial charge in [0, 0.05) is 39.3 Å². The van der Waals surface area contributed by atoms with Crippen molar-refractivity contribution in [2.45, 2.75) is 38.1 Å². The van der Waals surface area contributed by atoms with Gasteiger partial charge in [-0.15, -0.1) is 0 Å². The molecule has 0 spiro atoms. The maximum absolute atomic E-state index is 5.38. The maximum atomic E-state index is 5.38. The zero-order valence-corrected chi connectivity index (χ0v) is 11.5. The van der Waals surface area contributed by atoms with E-state index in [9.17, 15) is 0 Å². The molecule has 0 aromatic rings. The lowest BCUT2D eigenvalue weighted by molar-refractivity contribution is 0.0219. The van der Waals surface area contributed by atoms with E-state index in [-0.39, 0.29) is 0 Å². The van der Waals surface area contributed by atoms with Crippen LogP contribution in [0.25, 0.3) is 0 Å². The van der Waals surface area contributed by atoms with Crippen molar-refractivity contribution >= 4 is 0 Å². The lowest BCUT2D eigenvalue weighted by atomic mass is 9.88. The first-order valence-electron chi connectivity index (χ1n) is 7.21. The first-order chi connectivity index (χ1) is 8.29. The zero-order chi connectivity index (χ0) is 12.1. The fraction of sp³-hybridized carbons (Fsp3) is 1.00. The number of ether oxygens (including phenoxy) is 1. The second-order valence-corrected chi connectivity index (χ2v) is 5.87. The van der Waals surface area contributed by atoms with Crippen LogP contribution in [0.1, 0.15) is 32.1 Å². The fourth-order valence-corrected chi connectivity index (χ4v) is 3.34. The van der Waals surface area contributed by atoms with Crippen molar-refractivity contribution in [3.63, 3.8) is 0 Å². The number of likely N-dealkylation sites (N-methyl/N-ethyl adjacent to an activating group) is 1. The Labute approximate surface area is 106 Å². The number of hydrogen-bond donors (Lipinski definition) is 0. The van der Waals surface area contributed by atoms with Crippen molar-refractivity contribution in [3.8, 4) is 0 Å². The molecule has 0 amide bonds. The van der Waals surface area contributed by atoms with E-state index in [4.69, 9.17) is 4.74 Å². The second kappa shape index (κ2) is 6.72. The van der Waals surface area contributed by atoms with Crippen molar-refractivity contribution in [2.75, 3.05) is 46.9 Å². The maximum Gasteiger partial charge on any atom is 0.0630 e. The van der Waals surface area contributed by atoms with Crippen LogP contribution in [0, 0.1) is 5.92 Å². The van der Waals surface area contributed by atoms with Crippen molar-refractivity contribution in [2.24, 2.45) is 5.92 Å². The molecule has 1 saturated heterocycles. The Morgan fingerprint density at radius 1 is 1.12 bits per heavy atom. The molecule has 1 unspecified atom stereocenters. The number of nitrogens with zero attached hydrogens (tertiary/aromatic N) is 2. The van der Waals surface area contributed by atoms with Crippen molar-refractivity contribution < 1.29 is 4.74 Å². The van der Waals surface area contributed by atoms with Crippen molar-refractivity contribution in [1.82, 2.24) is 9.80 Å². The van der Waals surface area contributed by atoms with Gasteiger partial charge in [0.05, 0.1) is 6.61 Å². The third-order valence-electron chi connectivity index (χ3n) is 4.38. The summed E-state index contributed by atoms with van der Waals surface area (Å²) in [5, 5.41) is 0. The van der Waals surface area contributed by atoms with E-state index in [2.05, 4.69) is 16.8 Å². The predicted molar refractivity (Wildman–Crippen MR) is 71.3 cm³/mol. The Bertz CT molecular complexity index is 216. The quantitative estimate of drug-likeness (QED) is 0.745. The molecule has 1 aliphatic heterocycles. The summed E-state index contributed by atoms with van der Waals surface area (Å²) in [6, 6.07) is 0.612.